The number of allylic oxidation sites excluding steroid dienone is 4. The van der Waals surface area contributed by atoms with Crippen molar-refractivity contribution >= 4 is 43.2 Å². The molecule has 3 aromatic carbocycles. The molecular weight excluding hydrogens is 794 g/mol. The Balaban J connectivity index is 0.00000620. The summed E-state index contributed by atoms with van der Waals surface area (Å²) in [6.07, 6.45) is 8.36. The number of amides is 1. The van der Waals surface area contributed by atoms with Crippen LogP contribution in [0.1, 0.15) is 75.9 Å². The number of aryl methyl sites for hydroxylation is 1. The Hall–Kier alpha value is -3.52. The SMILES string of the molecule is Cc1nnc(-c2ccc(CNC(=O)CCCCC[N+]3=C(C=CC=C4N(C)c5cc(S(=O)(=O)[O-])ccc5C4(C)C)C(C)(C)c4cc(S(=O)(=O)[O-])ccc43)cc2)nn1.[K+]. The number of hydrogen-bond donors (Lipinski definition) is 1. The molecule has 1 N–H and O–H groups in total. The molecule has 0 radical (unpaired) electrons. The molecule has 6 rings (SSSR count). The summed E-state index contributed by atoms with van der Waals surface area (Å²) in [5.74, 6) is 0.863. The number of carbonyl (C=O) groups is 1. The van der Waals surface area contributed by atoms with E-state index in [0.717, 1.165) is 46.6 Å². The third-order valence-corrected chi connectivity index (χ3v) is 12.2. The van der Waals surface area contributed by atoms with Gasteiger partial charge >= 0.3 is 51.4 Å². The summed E-state index contributed by atoms with van der Waals surface area (Å²) in [7, 11) is -7.49. The zero-order valence-electron chi connectivity index (χ0n) is 33.1. The van der Waals surface area contributed by atoms with E-state index < -0.39 is 31.1 Å². The number of nitrogens with zero attached hydrogens (tertiary/aromatic N) is 6. The number of rotatable bonds is 13. The molecule has 17 heteroatoms. The van der Waals surface area contributed by atoms with Crippen LogP contribution in [-0.4, -0.2) is 76.1 Å². The van der Waals surface area contributed by atoms with Crippen molar-refractivity contribution < 1.29 is 86.7 Å². The molecule has 14 nitrogen and oxygen atoms in total. The van der Waals surface area contributed by atoms with Crippen molar-refractivity contribution in [3.8, 4) is 11.4 Å². The summed E-state index contributed by atoms with van der Waals surface area (Å²) in [4.78, 5) is 14.0. The van der Waals surface area contributed by atoms with Crippen molar-refractivity contribution in [2.45, 2.75) is 87.5 Å². The number of fused-ring (bicyclic) bond motifs is 2. The molecule has 0 saturated heterocycles. The van der Waals surface area contributed by atoms with Crippen molar-refractivity contribution in [3.63, 3.8) is 0 Å². The first kappa shape index (κ1) is 44.6. The van der Waals surface area contributed by atoms with Crippen molar-refractivity contribution in [1.82, 2.24) is 25.7 Å². The number of nitrogens with one attached hydrogen (secondary N) is 1. The maximum absolute atomic E-state index is 12.7. The van der Waals surface area contributed by atoms with Gasteiger partial charge in [0.1, 0.15) is 26.8 Å². The molecule has 0 fully saturated rings. The maximum Gasteiger partial charge on any atom is 1.00 e. The van der Waals surface area contributed by atoms with Crippen LogP contribution in [0.2, 0.25) is 0 Å². The Morgan fingerprint density at radius 3 is 2.11 bits per heavy atom. The minimum Gasteiger partial charge on any atom is -0.744 e. The average molecular weight is 838 g/mol. The molecule has 3 heterocycles. The second-order valence-electron chi connectivity index (χ2n) is 15.1. The van der Waals surface area contributed by atoms with E-state index >= 15 is 0 Å². The fourth-order valence-corrected chi connectivity index (χ4v) is 8.44. The van der Waals surface area contributed by atoms with Crippen LogP contribution >= 0.6 is 0 Å². The zero-order valence-corrected chi connectivity index (χ0v) is 37.9. The van der Waals surface area contributed by atoms with Gasteiger partial charge in [0, 0.05) is 66.5 Å². The molecule has 0 saturated carbocycles. The Morgan fingerprint density at radius 2 is 1.46 bits per heavy atom. The van der Waals surface area contributed by atoms with Gasteiger partial charge in [-0.3, -0.25) is 4.79 Å². The normalized spacial score (nSPS) is 16.5. The van der Waals surface area contributed by atoms with Gasteiger partial charge in [0.25, 0.3) is 0 Å². The van der Waals surface area contributed by atoms with Gasteiger partial charge in [-0.15, -0.1) is 20.4 Å². The average Bonchev–Trinajstić information content (AvgIpc) is 3.47. The second kappa shape index (κ2) is 17.4. The van der Waals surface area contributed by atoms with E-state index in [4.69, 9.17) is 0 Å². The number of benzene rings is 3. The number of likely N-dealkylation sites (N-methyl/N-ethyl adjacent to an activating group) is 1. The summed E-state index contributed by atoms with van der Waals surface area (Å²) in [6.45, 7) is 10.7. The number of carbonyl (C=O) groups excluding carboxylic acids is 1. The van der Waals surface area contributed by atoms with E-state index in [1.54, 1.807) is 19.1 Å². The van der Waals surface area contributed by atoms with Crippen LogP contribution in [0.15, 0.2) is 94.4 Å². The Labute approximate surface area is 376 Å². The third kappa shape index (κ3) is 9.69. The van der Waals surface area contributed by atoms with Crippen LogP contribution in [0.4, 0.5) is 11.4 Å². The number of anilines is 1. The van der Waals surface area contributed by atoms with Crippen LogP contribution in [0, 0.1) is 6.92 Å². The quantitative estimate of drug-likeness (QED) is 0.0892. The maximum atomic E-state index is 12.7. The number of aromatic nitrogens is 4. The van der Waals surface area contributed by atoms with E-state index in [2.05, 4.69) is 30.3 Å². The van der Waals surface area contributed by atoms with E-state index in [-0.39, 0.29) is 67.1 Å². The van der Waals surface area contributed by atoms with Crippen molar-refractivity contribution in [2.24, 2.45) is 0 Å². The van der Waals surface area contributed by atoms with Gasteiger partial charge in [0.05, 0.1) is 15.2 Å². The third-order valence-electron chi connectivity index (χ3n) is 10.5. The van der Waals surface area contributed by atoms with Gasteiger partial charge in [-0.2, -0.15) is 4.58 Å². The second-order valence-corrected chi connectivity index (χ2v) is 17.8. The minimum absolute atomic E-state index is 0. The predicted octanol–water partition coefficient (Wildman–Crippen LogP) is 2.17. The molecule has 0 spiro atoms. The summed E-state index contributed by atoms with van der Waals surface area (Å²) >= 11 is 0. The largest absolute Gasteiger partial charge is 1.00 e. The van der Waals surface area contributed by atoms with Crippen molar-refractivity contribution in [3.05, 3.63) is 107 Å². The van der Waals surface area contributed by atoms with Gasteiger partial charge < -0.3 is 19.3 Å². The summed E-state index contributed by atoms with van der Waals surface area (Å²) in [5, 5.41) is 18.9. The van der Waals surface area contributed by atoms with Gasteiger partial charge in [-0.05, 0) is 75.1 Å². The van der Waals surface area contributed by atoms with Crippen molar-refractivity contribution in [1.29, 1.82) is 0 Å². The molecule has 0 atom stereocenters. The molecule has 294 valence electrons. The first-order chi connectivity index (χ1) is 26.3. The van der Waals surface area contributed by atoms with Crippen LogP contribution < -0.4 is 61.6 Å². The van der Waals surface area contributed by atoms with Gasteiger partial charge in [0.2, 0.25) is 17.4 Å². The Bertz CT molecular complexity index is 2500. The molecule has 2 aliphatic heterocycles. The van der Waals surface area contributed by atoms with E-state index in [1.165, 1.54) is 24.3 Å². The van der Waals surface area contributed by atoms with Crippen LogP contribution in [0.5, 0.6) is 0 Å². The summed E-state index contributed by atoms with van der Waals surface area (Å²) in [6, 6.07) is 16.4. The fourth-order valence-electron chi connectivity index (χ4n) is 7.45. The minimum atomic E-state index is -4.68. The van der Waals surface area contributed by atoms with E-state index in [0.29, 0.717) is 48.8 Å². The molecule has 0 bridgehead atoms. The monoisotopic (exact) mass is 837 g/mol. The number of unbranched alkanes of at least 4 members (excludes halogenated alkanes) is 2. The zero-order chi connectivity index (χ0) is 40.6. The van der Waals surface area contributed by atoms with Crippen LogP contribution in [-0.2, 0) is 42.4 Å². The molecule has 57 heavy (non-hydrogen) atoms. The molecule has 0 aliphatic carbocycles. The topological polar surface area (TPSA) is 201 Å². The molecule has 0 unspecified atom stereocenters. The van der Waals surface area contributed by atoms with E-state index in [9.17, 15) is 30.7 Å². The smallest absolute Gasteiger partial charge is 0.744 e. The fraction of sp³-hybridized carbons (Fsp3) is 0.350. The predicted molar refractivity (Wildman–Crippen MR) is 208 cm³/mol. The summed E-state index contributed by atoms with van der Waals surface area (Å²) < 4.78 is 73.4. The number of hydrogen-bond acceptors (Lipinski definition) is 12. The standard InChI is InChI=1S/C40H45N7O7S2.K/c1-26-42-44-38(45-43-26)28-16-14-27(15-17-28)25-41-37(48)13-8-7-9-22-47-33-21-19-29(55(49,50)51)23-32(33)40(4,5)36(47)12-10-11-35-39(2,3)31-20-18-30(56(52,53)54)24-34(31)46(35)6;/h10-12,14-21,23-24H,7-9,13,22,25H2,1-6H3,(H2-,41,48,49,50,51,52,53,54);/q;+1/p-1. The Morgan fingerprint density at radius 1 is 0.825 bits per heavy atom. The van der Waals surface area contributed by atoms with Crippen LogP contribution in [0.25, 0.3) is 11.4 Å². The van der Waals surface area contributed by atoms with E-state index in [1.807, 2.05) is 82.1 Å². The van der Waals surface area contributed by atoms with Crippen LogP contribution in [0.3, 0.4) is 0 Å². The Kier molecular flexibility index (Phi) is 13.6. The van der Waals surface area contributed by atoms with Gasteiger partial charge in [-0.25, -0.2) is 16.8 Å². The molecule has 4 aromatic rings. The summed E-state index contributed by atoms with van der Waals surface area (Å²) in [5.41, 5.74) is 5.35. The molecule has 1 aromatic heterocycles. The molecular formula is C40H44KN7O7S2. The first-order valence-corrected chi connectivity index (χ1v) is 21.0. The van der Waals surface area contributed by atoms with Gasteiger partial charge in [0.15, 0.2) is 11.5 Å². The molecule has 1 amide bonds. The van der Waals surface area contributed by atoms with Gasteiger partial charge in [-0.1, -0.05) is 50.3 Å². The van der Waals surface area contributed by atoms with Crippen molar-refractivity contribution in [2.75, 3.05) is 18.5 Å². The molecule has 2 aliphatic rings. The first-order valence-electron chi connectivity index (χ1n) is 18.2.